The minimum Gasteiger partial charge on any atom is -0.481 e. The molecule has 3 rings (SSSR count). The fraction of sp³-hybridized carbons (Fsp3) is 0.438. The van der Waals surface area contributed by atoms with Gasteiger partial charge >= 0.3 is 5.97 Å². The van der Waals surface area contributed by atoms with Crippen LogP contribution in [0.25, 0.3) is 10.9 Å². The van der Waals surface area contributed by atoms with E-state index in [2.05, 4.69) is 31.0 Å². The number of fused-ring (bicyclic) bond motifs is 3. The Labute approximate surface area is 112 Å². The summed E-state index contributed by atoms with van der Waals surface area (Å²) in [4.78, 5) is 14.4. The molecule has 0 fully saturated rings. The van der Waals surface area contributed by atoms with Gasteiger partial charge in [-0.3, -0.25) is 4.79 Å². The SMILES string of the molecule is Cc1cc(C)c2c3c([nH]c2c1)CCC(CC(=O)O)C3. The Morgan fingerprint density at radius 2 is 2.21 bits per heavy atom. The van der Waals surface area contributed by atoms with E-state index in [9.17, 15) is 4.79 Å². The number of carboxylic acids is 1. The average molecular weight is 257 g/mol. The maximum atomic E-state index is 10.9. The molecule has 100 valence electrons. The fourth-order valence-electron chi connectivity index (χ4n) is 3.45. The van der Waals surface area contributed by atoms with Crippen LogP contribution in [0.5, 0.6) is 0 Å². The summed E-state index contributed by atoms with van der Waals surface area (Å²) in [6.45, 7) is 4.25. The van der Waals surface area contributed by atoms with Gasteiger partial charge in [0.1, 0.15) is 0 Å². The first-order chi connectivity index (χ1) is 9.04. The number of hydrogen-bond acceptors (Lipinski definition) is 1. The highest BCUT2D eigenvalue weighted by Crippen LogP contribution is 2.35. The summed E-state index contributed by atoms with van der Waals surface area (Å²) in [5, 5.41) is 10.3. The molecule has 2 aromatic rings. The molecule has 0 aliphatic heterocycles. The predicted molar refractivity (Wildman–Crippen MR) is 75.5 cm³/mol. The largest absolute Gasteiger partial charge is 0.481 e. The standard InChI is InChI=1S/C16H19NO2/c1-9-5-10(2)16-12-7-11(8-15(18)19)3-4-13(12)17-14(16)6-9/h5-6,11,17H,3-4,7-8H2,1-2H3,(H,18,19). The van der Waals surface area contributed by atoms with Crippen molar-refractivity contribution >= 4 is 16.9 Å². The predicted octanol–water partition coefficient (Wildman–Crippen LogP) is 3.36. The highest BCUT2D eigenvalue weighted by Gasteiger charge is 2.24. The van der Waals surface area contributed by atoms with Crippen LogP contribution in [-0.2, 0) is 17.6 Å². The van der Waals surface area contributed by atoms with E-state index in [1.807, 2.05) is 0 Å². The monoisotopic (exact) mass is 257 g/mol. The molecular formula is C16H19NO2. The highest BCUT2D eigenvalue weighted by atomic mass is 16.4. The first-order valence-corrected chi connectivity index (χ1v) is 6.87. The van der Waals surface area contributed by atoms with Gasteiger partial charge in [0.15, 0.2) is 0 Å². The van der Waals surface area contributed by atoms with Gasteiger partial charge in [-0.05, 0) is 61.8 Å². The molecule has 1 atom stereocenters. The number of nitrogens with one attached hydrogen (secondary N) is 1. The van der Waals surface area contributed by atoms with E-state index in [4.69, 9.17) is 5.11 Å². The molecule has 1 aliphatic rings. The summed E-state index contributed by atoms with van der Waals surface area (Å²) in [6, 6.07) is 4.39. The van der Waals surface area contributed by atoms with Crippen molar-refractivity contribution in [3.05, 3.63) is 34.5 Å². The van der Waals surface area contributed by atoms with Crippen molar-refractivity contribution in [1.82, 2.24) is 4.98 Å². The van der Waals surface area contributed by atoms with Crippen molar-refractivity contribution < 1.29 is 9.90 Å². The second-order valence-electron chi connectivity index (χ2n) is 5.79. The maximum absolute atomic E-state index is 10.9. The van der Waals surface area contributed by atoms with Crippen LogP contribution in [-0.4, -0.2) is 16.1 Å². The molecule has 0 bridgehead atoms. The van der Waals surface area contributed by atoms with E-state index in [-0.39, 0.29) is 12.3 Å². The van der Waals surface area contributed by atoms with Crippen molar-refractivity contribution in [2.75, 3.05) is 0 Å². The summed E-state index contributed by atoms with van der Waals surface area (Å²) in [5.41, 5.74) is 6.43. The average Bonchev–Trinajstić information content (AvgIpc) is 2.65. The lowest BCUT2D eigenvalue weighted by molar-refractivity contribution is -0.138. The maximum Gasteiger partial charge on any atom is 0.303 e. The molecule has 0 radical (unpaired) electrons. The summed E-state index contributed by atoms with van der Waals surface area (Å²) in [7, 11) is 0. The topological polar surface area (TPSA) is 53.1 Å². The summed E-state index contributed by atoms with van der Waals surface area (Å²) in [6.07, 6.45) is 3.13. The Balaban J connectivity index is 2.05. The summed E-state index contributed by atoms with van der Waals surface area (Å²) < 4.78 is 0. The number of aromatic amines is 1. The molecule has 0 saturated carbocycles. The Morgan fingerprint density at radius 3 is 2.95 bits per heavy atom. The second kappa shape index (κ2) is 4.41. The number of benzene rings is 1. The van der Waals surface area contributed by atoms with Crippen LogP contribution in [0.1, 0.15) is 35.2 Å². The van der Waals surface area contributed by atoms with Crippen molar-refractivity contribution in [2.24, 2.45) is 5.92 Å². The van der Waals surface area contributed by atoms with E-state index >= 15 is 0 Å². The van der Waals surface area contributed by atoms with Crippen LogP contribution in [0.2, 0.25) is 0 Å². The van der Waals surface area contributed by atoms with Crippen LogP contribution >= 0.6 is 0 Å². The van der Waals surface area contributed by atoms with Gasteiger partial charge in [0.05, 0.1) is 0 Å². The van der Waals surface area contributed by atoms with Crippen LogP contribution < -0.4 is 0 Å². The third-order valence-corrected chi connectivity index (χ3v) is 4.19. The second-order valence-corrected chi connectivity index (χ2v) is 5.79. The van der Waals surface area contributed by atoms with Gasteiger partial charge in [0.25, 0.3) is 0 Å². The number of aryl methyl sites for hydroxylation is 3. The van der Waals surface area contributed by atoms with Gasteiger partial charge < -0.3 is 10.1 Å². The number of rotatable bonds is 2. The van der Waals surface area contributed by atoms with Crippen molar-refractivity contribution in [3.8, 4) is 0 Å². The lowest BCUT2D eigenvalue weighted by atomic mass is 9.84. The quantitative estimate of drug-likeness (QED) is 0.866. The van der Waals surface area contributed by atoms with Gasteiger partial charge in [-0.15, -0.1) is 0 Å². The molecule has 19 heavy (non-hydrogen) atoms. The van der Waals surface area contributed by atoms with E-state index < -0.39 is 5.97 Å². The van der Waals surface area contributed by atoms with Crippen molar-refractivity contribution in [2.45, 2.75) is 39.5 Å². The van der Waals surface area contributed by atoms with Gasteiger partial charge in [0.2, 0.25) is 0 Å². The summed E-state index contributed by atoms with van der Waals surface area (Å²) in [5.74, 6) is -0.398. The molecule has 0 amide bonds. The number of H-pyrrole nitrogens is 1. The third-order valence-electron chi connectivity index (χ3n) is 4.19. The Bertz CT molecular complexity index is 654. The number of hydrogen-bond donors (Lipinski definition) is 2. The lowest BCUT2D eigenvalue weighted by Gasteiger charge is -2.21. The number of carbonyl (C=O) groups is 1. The van der Waals surface area contributed by atoms with E-state index in [0.29, 0.717) is 0 Å². The van der Waals surface area contributed by atoms with Crippen LogP contribution in [0.3, 0.4) is 0 Å². The number of aliphatic carboxylic acids is 1. The molecule has 1 aromatic heterocycles. The third kappa shape index (κ3) is 2.14. The Kier molecular flexibility index (Phi) is 2.85. The van der Waals surface area contributed by atoms with Gasteiger partial charge in [-0.25, -0.2) is 0 Å². The van der Waals surface area contributed by atoms with E-state index in [1.54, 1.807) is 0 Å². The van der Waals surface area contributed by atoms with Gasteiger partial charge in [0, 0.05) is 23.0 Å². The molecule has 1 aromatic carbocycles. The van der Waals surface area contributed by atoms with Crippen LogP contribution in [0, 0.1) is 19.8 Å². The molecule has 2 N–H and O–H groups in total. The lowest BCUT2D eigenvalue weighted by Crippen LogP contribution is -2.17. The first kappa shape index (κ1) is 12.3. The Hall–Kier alpha value is -1.77. The highest BCUT2D eigenvalue weighted by molar-refractivity contribution is 5.88. The van der Waals surface area contributed by atoms with E-state index in [0.717, 1.165) is 19.3 Å². The fourth-order valence-corrected chi connectivity index (χ4v) is 3.45. The molecular weight excluding hydrogens is 238 g/mol. The zero-order valence-corrected chi connectivity index (χ0v) is 11.4. The molecule has 1 aliphatic carbocycles. The van der Waals surface area contributed by atoms with Crippen molar-refractivity contribution in [1.29, 1.82) is 0 Å². The van der Waals surface area contributed by atoms with Crippen LogP contribution in [0.15, 0.2) is 12.1 Å². The zero-order chi connectivity index (χ0) is 13.6. The molecule has 0 spiro atoms. The minimum absolute atomic E-state index is 0.282. The van der Waals surface area contributed by atoms with E-state index in [1.165, 1.54) is 33.3 Å². The summed E-state index contributed by atoms with van der Waals surface area (Å²) >= 11 is 0. The number of aromatic nitrogens is 1. The van der Waals surface area contributed by atoms with Gasteiger partial charge in [-0.2, -0.15) is 0 Å². The van der Waals surface area contributed by atoms with Crippen LogP contribution in [0.4, 0.5) is 0 Å². The smallest absolute Gasteiger partial charge is 0.303 e. The first-order valence-electron chi connectivity index (χ1n) is 6.87. The number of carboxylic acid groups (broad SMARTS) is 1. The molecule has 0 saturated heterocycles. The molecule has 3 heteroatoms. The molecule has 1 unspecified atom stereocenters. The zero-order valence-electron chi connectivity index (χ0n) is 11.4. The molecule has 3 nitrogen and oxygen atoms in total. The normalized spacial score (nSPS) is 18.5. The minimum atomic E-state index is -0.680. The van der Waals surface area contributed by atoms with Gasteiger partial charge in [-0.1, -0.05) is 6.07 Å². The van der Waals surface area contributed by atoms with Crippen molar-refractivity contribution in [3.63, 3.8) is 0 Å². The Morgan fingerprint density at radius 1 is 1.42 bits per heavy atom. The molecule has 1 heterocycles.